The van der Waals surface area contributed by atoms with Gasteiger partial charge in [0.15, 0.2) is 0 Å². The number of hydrogen-bond acceptors (Lipinski definition) is 3. The number of nitrogens with zero attached hydrogens (tertiary/aromatic N) is 1. The van der Waals surface area contributed by atoms with Crippen molar-refractivity contribution in [2.75, 3.05) is 12.3 Å². The second-order valence-electron chi connectivity index (χ2n) is 4.53. The van der Waals surface area contributed by atoms with Crippen LogP contribution in [0.4, 0.5) is 5.82 Å². The zero-order valence-electron chi connectivity index (χ0n) is 11.2. The van der Waals surface area contributed by atoms with Gasteiger partial charge in [-0.1, -0.05) is 35.0 Å². The first-order valence-corrected chi connectivity index (χ1v) is 7.12. The van der Waals surface area contributed by atoms with Crippen molar-refractivity contribution in [1.29, 1.82) is 0 Å². The molecule has 0 saturated heterocycles. The van der Waals surface area contributed by atoms with Gasteiger partial charge in [-0.05, 0) is 42.8 Å². The van der Waals surface area contributed by atoms with Crippen LogP contribution in [0.15, 0.2) is 41.0 Å². The molecule has 2 rings (SSSR count). The standard InChI is InChI=1S/C15H18BrN3/c1-3-18-14(11-4-6-12(16)7-5-11)13-8-10(2)9-19-15(13)17/h4-9,14,18H,3H2,1-2H3,(H2,17,19). The third-order valence-electron chi connectivity index (χ3n) is 3.01. The van der Waals surface area contributed by atoms with Crippen LogP contribution in [0.2, 0.25) is 0 Å². The predicted octanol–water partition coefficient (Wildman–Crippen LogP) is 3.43. The lowest BCUT2D eigenvalue weighted by Crippen LogP contribution is -2.23. The van der Waals surface area contributed by atoms with E-state index in [1.807, 2.05) is 19.1 Å². The predicted molar refractivity (Wildman–Crippen MR) is 83.0 cm³/mol. The largest absolute Gasteiger partial charge is 0.383 e. The molecule has 0 saturated carbocycles. The highest BCUT2D eigenvalue weighted by Gasteiger charge is 2.16. The quantitative estimate of drug-likeness (QED) is 0.907. The van der Waals surface area contributed by atoms with Crippen LogP contribution in [0, 0.1) is 6.92 Å². The Morgan fingerprint density at radius 1 is 1.32 bits per heavy atom. The summed E-state index contributed by atoms with van der Waals surface area (Å²) in [5.74, 6) is 0.583. The SMILES string of the molecule is CCNC(c1ccc(Br)cc1)c1cc(C)cnc1N. The summed E-state index contributed by atoms with van der Waals surface area (Å²) in [6.07, 6.45) is 1.80. The van der Waals surface area contributed by atoms with E-state index in [-0.39, 0.29) is 6.04 Å². The first-order valence-electron chi connectivity index (χ1n) is 6.32. The Morgan fingerprint density at radius 2 is 2.00 bits per heavy atom. The van der Waals surface area contributed by atoms with Crippen molar-refractivity contribution >= 4 is 21.7 Å². The molecule has 1 unspecified atom stereocenters. The van der Waals surface area contributed by atoms with Crippen molar-refractivity contribution in [3.05, 3.63) is 57.7 Å². The van der Waals surface area contributed by atoms with E-state index in [0.29, 0.717) is 5.82 Å². The van der Waals surface area contributed by atoms with E-state index in [1.165, 1.54) is 5.56 Å². The Morgan fingerprint density at radius 3 is 2.63 bits per heavy atom. The van der Waals surface area contributed by atoms with Crippen LogP contribution in [0.25, 0.3) is 0 Å². The van der Waals surface area contributed by atoms with Gasteiger partial charge >= 0.3 is 0 Å². The fraction of sp³-hybridized carbons (Fsp3) is 0.267. The molecule has 1 aromatic heterocycles. The molecule has 3 nitrogen and oxygen atoms in total. The van der Waals surface area contributed by atoms with Crippen LogP contribution >= 0.6 is 15.9 Å². The Balaban J connectivity index is 2.44. The van der Waals surface area contributed by atoms with Crippen LogP contribution in [0.3, 0.4) is 0 Å². The number of nitrogen functional groups attached to an aromatic ring is 1. The summed E-state index contributed by atoms with van der Waals surface area (Å²) in [6.45, 7) is 4.99. The van der Waals surface area contributed by atoms with Crippen molar-refractivity contribution < 1.29 is 0 Å². The summed E-state index contributed by atoms with van der Waals surface area (Å²) in [6, 6.07) is 10.4. The summed E-state index contributed by atoms with van der Waals surface area (Å²) < 4.78 is 1.07. The summed E-state index contributed by atoms with van der Waals surface area (Å²) in [4.78, 5) is 4.25. The van der Waals surface area contributed by atoms with Gasteiger partial charge in [-0.25, -0.2) is 4.98 Å². The number of nitrogens with two attached hydrogens (primary N) is 1. The van der Waals surface area contributed by atoms with Crippen molar-refractivity contribution in [3.63, 3.8) is 0 Å². The van der Waals surface area contributed by atoms with Gasteiger partial charge in [0.05, 0.1) is 6.04 Å². The van der Waals surface area contributed by atoms with E-state index in [2.05, 4.69) is 51.4 Å². The molecule has 100 valence electrons. The summed E-state index contributed by atoms with van der Waals surface area (Å²) >= 11 is 3.46. The number of benzene rings is 1. The van der Waals surface area contributed by atoms with E-state index < -0.39 is 0 Å². The van der Waals surface area contributed by atoms with Crippen LogP contribution < -0.4 is 11.1 Å². The highest BCUT2D eigenvalue weighted by molar-refractivity contribution is 9.10. The van der Waals surface area contributed by atoms with Crippen LogP contribution in [0.5, 0.6) is 0 Å². The number of anilines is 1. The number of aryl methyl sites for hydroxylation is 1. The molecular weight excluding hydrogens is 302 g/mol. The van der Waals surface area contributed by atoms with E-state index in [9.17, 15) is 0 Å². The molecular formula is C15H18BrN3. The minimum Gasteiger partial charge on any atom is -0.383 e. The Bertz CT molecular complexity index is 552. The molecule has 19 heavy (non-hydrogen) atoms. The third kappa shape index (κ3) is 3.33. The zero-order valence-corrected chi connectivity index (χ0v) is 12.7. The second kappa shape index (κ2) is 6.17. The third-order valence-corrected chi connectivity index (χ3v) is 3.54. The molecule has 0 aliphatic carbocycles. The molecule has 1 atom stereocenters. The van der Waals surface area contributed by atoms with Gasteiger partial charge in [0.25, 0.3) is 0 Å². The second-order valence-corrected chi connectivity index (χ2v) is 5.45. The Kier molecular flexibility index (Phi) is 4.56. The molecule has 0 aliphatic rings. The molecule has 1 aromatic carbocycles. The maximum absolute atomic E-state index is 6.03. The lowest BCUT2D eigenvalue weighted by atomic mass is 9.98. The number of pyridine rings is 1. The lowest BCUT2D eigenvalue weighted by molar-refractivity contribution is 0.630. The average molecular weight is 320 g/mol. The smallest absolute Gasteiger partial charge is 0.128 e. The Labute approximate surface area is 122 Å². The molecule has 0 radical (unpaired) electrons. The molecule has 0 amide bonds. The monoisotopic (exact) mass is 319 g/mol. The van der Waals surface area contributed by atoms with E-state index in [4.69, 9.17) is 5.73 Å². The van der Waals surface area contributed by atoms with Gasteiger partial charge in [0.1, 0.15) is 5.82 Å². The van der Waals surface area contributed by atoms with Crippen LogP contribution in [0.1, 0.15) is 29.7 Å². The van der Waals surface area contributed by atoms with Crippen LogP contribution in [-0.2, 0) is 0 Å². The molecule has 0 spiro atoms. The minimum atomic E-state index is 0.0745. The molecule has 0 aliphatic heterocycles. The number of hydrogen-bond donors (Lipinski definition) is 2. The van der Waals surface area contributed by atoms with E-state index in [1.54, 1.807) is 6.20 Å². The van der Waals surface area contributed by atoms with Gasteiger partial charge in [-0.3, -0.25) is 0 Å². The maximum Gasteiger partial charge on any atom is 0.128 e. The molecule has 0 bridgehead atoms. The number of halogens is 1. The first-order chi connectivity index (χ1) is 9.11. The van der Waals surface area contributed by atoms with Gasteiger partial charge in [-0.2, -0.15) is 0 Å². The molecule has 3 N–H and O–H groups in total. The lowest BCUT2D eigenvalue weighted by Gasteiger charge is -2.20. The van der Waals surface area contributed by atoms with Gasteiger partial charge in [0, 0.05) is 16.2 Å². The van der Waals surface area contributed by atoms with Crippen molar-refractivity contribution in [1.82, 2.24) is 10.3 Å². The first kappa shape index (κ1) is 14.0. The number of aromatic nitrogens is 1. The zero-order chi connectivity index (χ0) is 13.8. The highest BCUT2D eigenvalue weighted by Crippen LogP contribution is 2.27. The van der Waals surface area contributed by atoms with Gasteiger partial charge in [0.2, 0.25) is 0 Å². The van der Waals surface area contributed by atoms with Gasteiger partial charge in [-0.15, -0.1) is 0 Å². The number of rotatable bonds is 4. The summed E-state index contributed by atoms with van der Waals surface area (Å²) in [5, 5.41) is 3.47. The van der Waals surface area contributed by atoms with Crippen molar-refractivity contribution in [2.45, 2.75) is 19.9 Å². The molecule has 1 heterocycles. The average Bonchev–Trinajstić information content (AvgIpc) is 2.40. The molecule has 2 aromatic rings. The normalized spacial score (nSPS) is 12.4. The van der Waals surface area contributed by atoms with Gasteiger partial charge < -0.3 is 11.1 Å². The molecule has 4 heteroatoms. The maximum atomic E-state index is 6.03. The van der Waals surface area contributed by atoms with Crippen LogP contribution in [-0.4, -0.2) is 11.5 Å². The minimum absolute atomic E-state index is 0.0745. The van der Waals surface area contributed by atoms with Crippen molar-refractivity contribution in [2.24, 2.45) is 0 Å². The molecule has 0 fully saturated rings. The van der Waals surface area contributed by atoms with Crippen molar-refractivity contribution in [3.8, 4) is 0 Å². The van der Waals surface area contributed by atoms with E-state index in [0.717, 1.165) is 22.1 Å². The number of nitrogens with one attached hydrogen (secondary N) is 1. The summed E-state index contributed by atoms with van der Waals surface area (Å²) in [5.41, 5.74) is 9.36. The summed E-state index contributed by atoms with van der Waals surface area (Å²) in [7, 11) is 0. The Hall–Kier alpha value is -1.39. The highest BCUT2D eigenvalue weighted by atomic mass is 79.9. The fourth-order valence-corrected chi connectivity index (χ4v) is 2.36. The fourth-order valence-electron chi connectivity index (χ4n) is 2.10. The van der Waals surface area contributed by atoms with E-state index >= 15 is 0 Å². The topological polar surface area (TPSA) is 50.9 Å².